The van der Waals surface area contributed by atoms with E-state index in [-0.39, 0.29) is 23.2 Å². The molecule has 0 aromatic carbocycles. The van der Waals surface area contributed by atoms with E-state index in [1.54, 1.807) is 4.90 Å². The topological polar surface area (TPSA) is 100.0 Å². The van der Waals surface area contributed by atoms with Gasteiger partial charge in [0.1, 0.15) is 6.61 Å². The monoisotopic (exact) mass is 494 g/mol. The number of aliphatic hydroxyl groups is 1. The van der Waals surface area contributed by atoms with Gasteiger partial charge in [-0.3, -0.25) is 4.90 Å². The highest BCUT2D eigenvalue weighted by atomic mass is 32.2. The molecular weight excluding hydrogens is 460 g/mol. The number of hydrogen-bond donors (Lipinski definition) is 2. The number of rotatable bonds is 11. The Morgan fingerprint density at radius 2 is 2.12 bits per heavy atom. The molecule has 33 heavy (non-hydrogen) atoms. The van der Waals surface area contributed by atoms with Gasteiger partial charge in [-0.05, 0) is 37.0 Å². The summed E-state index contributed by atoms with van der Waals surface area (Å²) in [4.78, 5) is 28.9. The van der Waals surface area contributed by atoms with Crippen molar-refractivity contribution in [1.82, 2.24) is 9.88 Å². The highest BCUT2D eigenvalue weighted by Gasteiger charge is 2.42. The molecule has 1 aromatic heterocycles. The molecule has 1 saturated heterocycles. The van der Waals surface area contributed by atoms with Crippen molar-refractivity contribution in [2.75, 3.05) is 18.9 Å². The summed E-state index contributed by atoms with van der Waals surface area (Å²) >= 11 is 2.72. The maximum Gasteiger partial charge on any atom is 0.410 e. The molecule has 0 bridgehead atoms. The first-order valence-corrected chi connectivity index (χ1v) is 13.9. The van der Waals surface area contributed by atoms with Crippen molar-refractivity contribution < 1.29 is 24.5 Å². The van der Waals surface area contributed by atoms with Gasteiger partial charge in [0.2, 0.25) is 0 Å². The molecule has 2 atom stereocenters. The molecule has 0 unspecified atom stereocenters. The minimum absolute atomic E-state index is 0.00475. The lowest BCUT2D eigenvalue weighted by molar-refractivity contribution is -0.0183. The lowest BCUT2D eigenvalue weighted by Crippen LogP contribution is -2.41. The molecule has 9 heteroatoms. The summed E-state index contributed by atoms with van der Waals surface area (Å²) in [6.07, 6.45) is 15.4. The first-order chi connectivity index (χ1) is 16.0. The van der Waals surface area contributed by atoms with Crippen molar-refractivity contribution in [2.24, 2.45) is 11.3 Å². The molecule has 3 aliphatic rings. The second-order valence-corrected chi connectivity index (χ2v) is 11.8. The zero-order valence-corrected chi connectivity index (χ0v) is 20.6. The van der Waals surface area contributed by atoms with Crippen molar-refractivity contribution in [3.8, 4) is 0 Å². The van der Waals surface area contributed by atoms with E-state index in [0.717, 1.165) is 25.2 Å². The second kappa shape index (κ2) is 11.2. The number of carbonyl (C=O) groups is 2. The zero-order chi connectivity index (χ0) is 23.3. The summed E-state index contributed by atoms with van der Waals surface area (Å²) in [5.41, 5.74) is 0.0522. The highest BCUT2D eigenvalue weighted by Crippen LogP contribution is 2.49. The van der Waals surface area contributed by atoms with Crippen LogP contribution in [0.15, 0.2) is 21.9 Å². The van der Waals surface area contributed by atoms with Crippen LogP contribution in [0.1, 0.15) is 74.7 Å². The molecule has 4 rings (SSSR count). The summed E-state index contributed by atoms with van der Waals surface area (Å²) in [5.74, 6) is 0.388. The van der Waals surface area contributed by atoms with Crippen molar-refractivity contribution in [3.05, 3.63) is 23.2 Å². The number of carboxylic acid groups (broad SMARTS) is 1. The number of ether oxygens (including phenoxy) is 1. The molecule has 2 heterocycles. The van der Waals surface area contributed by atoms with Crippen LogP contribution >= 0.6 is 23.1 Å². The van der Waals surface area contributed by atoms with Crippen LogP contribution in [0.2, 0.25) is 0 Å². The van der Waals surface area contributed by atoms with E-state index < -0.39 is 12.1 Å². The first-order valence-electron chi connectivity index (χ1n) is 12.1. The van der Waals surface area contributed by atoms with E-state index in [9.17, 15) is 14.7 Å². The fourth-order valence-electron chi connectivity index (χ4n) is 5.26. The van der Waals surface area contributed by atoms with Gasteiger partial charge in [0.15, 0.2) is 10.0 Å². The van der Waals surface area contributed by atoms with Crippen molar-refractivity contribution in [2.45, 2.75) is 80.7 Å². The Morgan fingerprint density at radius 1 is 1.33 bits per heavy atom. The summed E-state index contributed by atoms with van der Waals surface area (Å²) in [7, 11) is 0. The third-order valence-corrected chi connectivity index (χ3v) is 9.54. The number of aliphatic hydroxyl groups excluding tert-OH is 1. The standard InChI is InChI=1S/C24H34N2O5S2/c27-20(24(10-4-11-24)12-9-17-5-2-1-3-6-17)8-7-18-15-31-23(30)26(18)13-14-32-22-25-19(16-33-22)21(28)29/h7-8,16-18,20,27H,1-6,9-15H2,(H,28,29)/t18-,20+/m0/s1. The number of amides is 1. The van der Waals surface area contributed by atoms with E-state index in [2.05, 4.69) is 4.98 Å². The van der Waals surface area contributed by atoms with Gasteiger partial charge in [0.25, 0.3) is 0 Å². The molecule has 182 valence electrons. The molecule has 7 nitrogen and oxygen atoms in total. The van der Waals surface area contributed by atoms with Crippen LogP contribution < -0.4 is 0 Å². The summed E-state index contributed by atoms with van der Waals surface area (Å²) < 4.78 is 5.93. The van der Waals surface area contributed by atoms with Crippen molar-refractivity contribution in [1.29, 1.82) is 0 Å². The van der Waals surface area contributed by atoms with Crippen LogP contribution in [0.25, 0.3) is 0 Å². The number of nitrogens with zero attached hydrogens (tertiary/aromatic N) is 2. The molecule has 0 spiro atoms. The first kappa shape index (κ1) is 24.5. The fraction of sp³-hybridized carbons (Fsp3) is 0.708. The molecule has 1 amide bonds. The van der Waals surface area contributed by atoms with E-state index in [1.807, 2.05) is 12.2 Å². The van der Waals surface area contributed by atoms with Crippen LogP contribution in [-0.4, -0.2) is 63.2 Å². The van der Waals surface area contributed by atoms with Gasteiger partial charge >= 0.3 is 12.1 Å². The predicted molar refractivity (Wildman–Crippen MR) is 129 cm³/mol. The van der Waals surface area contributed by atoms with E-state index in [1.165, 1.54) is 73.4 Å². The Morgan fingerprint density at radius 3 is 2.79 bits per heavy atom. The van der Waals surface area contributed by atoms with Crippen LogP contribution in [-0.2, 0) is 4.74 Å². The molecule has 3 fully saturated rings. The zero-order valence-electron chi connectivity index (χ0n) is 19.0. The second-order valence-electron chi connectivity index (χ2n) is 9.58. The van der Waals surface area contributed by atoms with Gasteiger partial charge < -0.3 is 14.9 Å². The summed E-state index contributed by atoms with van der Waals surface area (Å²) in [6, 6.07) is -0.186. The number of carboxylic acids is 1. The average Bonchev–Trinajstić information content (AvgIpc) is 3.40. The van der Waals surface area contributed by atoms with Crippen LogP contribution in [0.3, 0.4) is 0 Å². The predicted octanol–water partition coefficient (Wildman–Crippen LogP) is 5.20. The third kappa shape index (κ3) is 6.11. The molecule has 2 aliphatic carbocycles. The number of cyclic esters (lactones) is 1. The van der Waals surface area contributed by atoms with E-state index >= 15 is 0 Å². The molecule has 1 aliphatic heterocycles. The quantitative estimate of drug-likeness (QED) is 0.322. The number of thiazole rings is 1. The minimum atomic E-state index is -1.03. The fourth-order valence-corrected chi connectivity index (χ4v) is 7.07. The average molecular weight is 495 g/mol. The number of hydrogen-bond acceptors (Lipinski definition) is 7. The number of aromatic carboxylic acids is 1. The van der Waals surface area contributed by atoms with Gasteiger partial charge in [0, 0.05) is 17.7 Å². The SMILES string of the molecule is O=C(O)c1csc(SCCN2C(=O)OC[C@@H]2C=C[C@@H](O)C2(CCC3CCCCC3)CCC2)n1. The third-order valence-electron chi connectivity index (χ3n) is 7.54. The van der Waals surface area contributed by atoms with Gasteiger partial charge in [-0.2, -0.15) is 0 Å². The smallest absolute Gasteiger partial charge is 0.410 e. The van der Waals surface area contributed by atoms with Crippen molar-refractivity contribution >= 4 is 35.2 Å². The number of thioether (sulfide) groups is 1. The van der Waals surface area contributed by atoms with E-state index in [4.69, 9.17) is 9.84 Å². The maximum atomic E-state index is 12.2. The van der Waals surface area contributed by atoms with Gasteiger partial charge in [-0.25, -0.2) is 14.6 Å². The number of carbonyl (C=O) groups excluding carboxylic acids is 1. The molecule has 2 saturated carbocycles. The van der Waals surface area contributed by atoms with Gasteiger partial charge in [-0.1, -0.05) is 62.4 Å². The Hall–Kier alpha value is -1.58. The van der Waals surface area contributed by atoms with Gasteiger partial charge in [-0.15, -0.1) is 11.3 Å². The number of aromatic nitrogens is 1. The van der Waals surface area contributed by atoms with E-state index in [0.29, 0.717) is 23.2 Å². The van der Waals surface area contributed by atoms with Crippen LogP contribution in [0.5, 0.6) is 0 Å². The Labute approximate surface area is 203 Å². The molecule has 0 radical (unpaired) electrons. The molecule has 2 N–H and O–H groups in total. The van der Waals surface area contributed by atoms with Crippen LogP contribution in [0.4, 0.5) is 4.79 Å². The Bertz CT molecular complexity index is 848. The maximum absolute atomic E-state index is 12.2. The van der Waals surface area contributed by atoms with Crippen LogP contribution in [0, 0.1) is 11.3 Å². The summed E-state index contributed by atoms with van der Waals surface area (Å²) in [5, 5.41) is 21.5. The minimum Gasteiger partial charge on any atom is -0.476 e. The highest BCUT2D eigenvalue weighted by molar-refractivity contribution is 8.01. The van der Waals surface area contributed by atoms with Crippen molar-refractivity contribution in [3.63, 3.8) is 0 Å². The Balaban J connectivity index is 1.28. The normalized spacial score (nSPS) is 24.1. The Kier molecular flexibility index (Phi) is 8.35. The lowest BCUT2D eigenvalue weighted by atomic mass is 9.61. The lowest BCUT2D eigenvalue weighted by Gasteiger charge is -2.46. The largest absolute Gasteiger partial charge is 0.476 e. The molecule has 1 aromatic rings. The molecular formula is C24H34N2O5S2. The van der Waals surface area contributed by atoms with Gasteiger partial charge in [0.05, 0.1) is 12.1 Å². The summed E-state index contributed by atoms with van der Waals surface area (Å²) in [6.45, 7) is 0.769.